The molecule has 0 amide bonds. The summed E-state index contributed by atoms with van der Waals surface area (Å²) in [6.07, 6.45) is 2.85. The molecular formula is C15H21Br2NO2. The van der Waals surface area contributed by atoms with Crippen LogP contribution in [-0.4, -0.2) is 25.4 Å². The van der Waals surface area contributed by atoms with Crippen molar-refractivity contribution in [1.29, 1.82) is 0 Å². The SMILES string of the molecule is CC(C)Oc1c(Br)cc(Br)cc1CNC[C@H]1CCCO1. The average Bonchev–Trinajstić information content (AvgIpc) is 2.86. The molecule has 0 saturated carbocycles. The molecule has 5 heteroatoms. The summed E-state index contributed by atoms with van der Waals surface area (Å²) in [7, 11) is 0. The van der Waals surface area contributed by atoms with E-state index < -0.39 is 0 Å². The van der Waals surface area contributed by atoms with Crippen LogP contribution in [0.1, 0.15) is 32.3 Å². The number of benzene rings is 1. The van der Waals surface area contributed by atoms with Crippen LogP contribution in [0.2, 0.25) is 0 Å². The largest absolute Gasteiger partial charge is 0.489 e. The molecule has 0 aliphatic carbocycles. The fourth-order valence-corrected chi connectivity index (χ4v) is 3.69. The highest BCUT2D eigenvalue weighted by molar-refractivity contribution is 9.11. The Morgan fingerprint density at radius 3 is 2.85 bits per heavy atom. The molecule has 1 heterocycles. The van der Waals surface area contributed by atoms with Gasteiger partial charge in [0.1, 0.15) is 5.75 Å². The van der Waals surface area contributed by atoms with Gasteiger partial charge in [-0.1, -0.05) is 15.9 Å². The molecule has 1 aliphatic rings. The maximum atomic E-state index is 5.91. The predicted molar refractivity (Wildman–Crippen MR) is 88.3 cm³/mol. The maximum Gasteiger partial charge on any atom is 0.138 e. The Labute approximate surface area is 137 Å². The van der Waals surface area contributed by atoms with E-state index in [0.29, 0.717) is 6.10 Å². The predicted octanol–water partition coefficient (Wildman–Crippen LogP) is 4.27. The minimum atomic E-state index is 0.157. The van der Waals surface area contributed by atoms with Crippen molar-refractivity contribution in [2.45, 2.75) is 45.4 Å². The molecule has 1 fully saturated rings. The quantitative estimate of drug-likeness (QED) is 0.765. The first-order chi connectivity index (χ1) is 9.56. The molecule has 0 bridgehead atoms. The monoisotopic (exact) mass is 405 g/mol. The summed E-state index contributed by atoms with van der Waals surface area (Å²) >= 11 is 7.11. The summed E-state index contributed by atoms with van der Waals surface area (Å²) in [5.74, 6) is 0.919. The number of hydrogen-bond donors (Lipinski definition) is 1. The van der Waals surface area contributed by atoms with Crippen LogP contribution in [0.4, 0.5) is 0 Å². The molecule has 112 valence electrons. The van der Waals surface area contributed by atoms with Crippen LogP contribution in [0, 0.1) is 0 Å². The van der Waals surface area contributed by atoms with Gasteiger partial charge in [0.25, 0.3) is 0 Å². The highest BCUT2D eigenvalue weighted by Crippen LogP contribution is 2.33. The van der Waals surface area contributed by atoms with Gasteiger partial charge in [0, 0.05) is 29.7 Å². The molecule has 0 aromatic heterocycles. The molecule has 1 atom stereocenters. The van der Waals surface area contributed by atoms with Gasteiger partial charge in [0.2, 0.25) is 0 Å². The minimum absolute atomic E-state index is 0.157. The van der Waals surface area contributed by atoms with E-state index in [2.05, 4.69) is 43.2 Å². The van der Waals surface area contributed by atoms with Crippen LogP contribution >= 0.6 is 31.9 Å². The van der Waals surface area contributed by atoms with Crippen LogP contribution in [0.3, 0.4) is 0 Å². The number of nitrogens with one attached hydrogen (secondary N) is 1. The van der Waals surface area contributed by atoms with E-state index in [1.54, 1.807) is 0 Å². The normalized spacial score (nSPS) is 18.8. The van der Waals surface area contributed by atoms with Crippen LogP contribution in [-0.2, 0) is 11.3 Å². The van der Waals surface area contributed by atoms with Gasteiger partial charge >= 0.3 is 0 Å². The third-order valence-corrected chi connectivity index (χ3v) is 4.20. The highest BCUT2D eigenvalue weighted by atomic mass is 79.9. The van der Waals surface area contributed by atoms with Gasteiger partial charge < -0.3 is 14.8 Å². The van der Waals surface area contributed by atoms with E-state index in [-0.39, 0.29) is 6.10 Å². The molecule has 3 nitrogen and oxygen atoms in total. The number of rotatable bonds is 6. The Morgan fingerprint density at radius 2 is 2.20 bits per heavy atom. The van der Waals surface area contributed by atoms with Crippen LogP contribution < -0.4 is 10.1 Å². The van der Waals surface area contributed by atoms with Gasteiger partial charge in [-0.15, -0.1) is 0 Å². The first-order valence-electron chi connectivity index (χ1n) is 7.03. The second kappa shape index (κ2) is 7.78. The van der Waals surface area contributed by atoms with E-state index in [4.69, 9.17) is 9.47 Å². The lowest BCUT2D eigenvalue weighted by atomic mass is 10.2. The minimum Gasteiger partial charge on any atom is -0.489 e. The number of halogens is 2. The summed E-state index contributed by atoms with van der Waals surface area (Å²) in [5.41, 5.74) is 1.15. The lowest BCUT2D eigenvalue weighted by molar-refractivity contribution is 0.110. The van der Waals surface area contributed by atoms with Crippen LogP contribution in [0.5, 0.6) is 5.75 Å². The molecule has 0 spiro atoms. The second-order valence-electron chi connectivity index (χ2n) is 5.31. The zero-order chi connectivity index (χ0) is 14.5. The third kappa shape index (κ3) is 4.72. The van der Waals surface area contributed by atoms with E-state index in [1.807, 2.05) is 19.9 Å². The average molecular weight is 407 g/mol. The summed E-state index contributed by atoms with van der Waals surface area (Å²) in [4.78, 5) is 0. The Hall–Kier alpha value is -0.100. The fourth-order valence-electron chi connectivity index (χ4n) is 2.29. The Morgan fingerprint density at radius 1 is 1.40 bits per heavy atom. The van der Waals surface area contributed by atoms with E-state index in [1.165, 1.54) is 6.42 Å². The Balaban J connectivity index is 2.00. The highest BCUT2D eigenvalue weighted by Gasteiger charge is 2.16. The van der Waals surface area contributed by atoms with E-state index >= 15 is 0 Å². The summed E-state index contributed by atoms with van der Waals surface area (Å²) in [5, 5.41) is 3.47. The standard InChI is InChI=1S/C15H21Br2NO2/c1-10(2)20-15-11(6-12(16)7-14(15)17)8-18-9-13-4-3-5-19-13/h6-7,10,13,18H,3-5,8-9H2,1-2H3/t13-/m1/s1. The molecule has 1 aromatic carbocycles. The molecule has 0 radical (unpaired) electrons. The second-order valence-corrected chi connectivity index (χ2v) is 7.08. The van der Waals surface area contributed by atoms with Crippen molar-refractivity contribution in [1.82, 2.24) is 5.32 Å². The van der Waals surface area contributed by atoms with Crippen molar-refractivity contribution < 1.29 is 9.47 Å². The van der Waals surface area contributed by atoms with Crippen LogP contribution in [0.15, 0.2) is 21.1 Å². The summed E-state index contributed by atoms with van der Waals surface area (Å²) < 4.78 is 13.6. The molecule has 1 N–H and O–H groups in total. The Kier molecular flexibility index (Phi) is 6.33. The molecule has 0 unspecified atom stereocenters. The molecule has 1 saturated heterocycles. The van der Waals surface area contributed by atoms with Gasteiger partial charge in [0.05, 0.1) is 16.7 Å². The van der Waals surface area contributed by atoms with Crippen molar-refractivity contribution in [3.63, 3.8) is 0 Å². The van der Waals surface area contributed by atoms with Gasteiger partial charge in [-0.05, 0) is 54.8 Å². The maximum absolute atomic E-state index is 5.91. The molecule has 1 aliphatic heterocycles. The molecule has 20 heavy (non-hydrogen) atoms. The van der Waals surface area contributed by atoms with Gasteiger partial charge in [0.15, 0.2) is 0 Å². The van der Waals surface area contributed by atoms with Gasteiger partial charge in [-0.2, -0.15) is 0 Å². The zero-order valence-corrected chi connectivity index (χ0v) is 15.1. The smallest absolute Gasteiger partial charge is 0.138 e. The Bertz CT molecular complexity index is 446. The van der Waals surface area contributed by atoms with E-state index in [0.717, 1.165) is 46.4 Å². The van der Waals surface area contributed by atoms with Crippen molar-refractivity contribution in [2.75, 3.05) is 13.2 Å². The summed E-state index contributed by atoms with van der Waals surface area (Å²) in [6.45, 7) is 6.65. The van der Waals surface area contributed by atoms with Gasteiger partial charge in [-0.25, -0.2) is 0 Å². The zero-order valence-electron chi connectivity index (χ0n) is 11.9. The molecule has 2 rings (SSSR count). The van der Waals surface area contributed by atoms with Crippen molar-refractivity contribution >= 4 is 31.9 Å². The fraction of sp³-hybridized carbons (Fsp3) is 0.600. The lowest BCUT2D eigenvalue weighted by Crippen LogP contribution is -2.26. The van der Waals surface area contributed by atoms with Crippen molar-refractivity contribution in [2.24, 2.45) is 0 Å². The number of hydrogen-bond acceptors (Lipinski definition) is 3. The van der Waals surface area contributed by atoms with E-state index in [9.17, 15) is 0 Å². The third-order valence-electron chi connectivity index (χ3n) is 3.15. The van der Waals surface area contributed by atoms with Crippen LogP contribution in [0.25, 0.3) is 0 Å². The van der Waals surface area contributed by atoms with Crippen molar-refractivity contribution in [3.8, 4) is 5.75 Å². The van der Waals surface area contributed by atoms with Crippen molar-refractivity contribution in [3.05, 3.63) is 26.6 Å². The first-order valence-corrected chi connectivity index (χ1v) is 8.61. The molecule has 1 aromatic rings. The number of ether oxygens (including phenoxy) is 2. The first kappa shape index (κ1) is 16.3. The topological polar surface area (TPSA) is 30.5 Å². The molecular weight excluding hydrogens is 386 g/mol. The summed E-state index contributed by atoms with van der Waals surface area (Å²) in [6, 6.07) is 4.12. The lowest BCUT2D eigenvalue weighted by Gasteiger charge is -2.18. The van der Waals surface area contributed by atoms with Gasteiger partial charge in [-0.3, -0.25) is 0 Å².